The quantitative estimate of drug-likeness (QED) is 0.700. The van der Waals surface area contributed by atoms with Gasteiger partial charge in [-0.3, -0.25) is 0 Å². The molecule has 0 aliphatic carbocycles. The number of aryl methyl sites for hydroxylation is 5. The van der Waals surface area contributed by atoms with E-state index in [1.807, 2.05) is 0 Å². The van der Waals surface area contributed by atoms with Crippen LogP contribution in [0.5, 0.6) is 0 Å². The highest BCUT2D eigenvalue weighted by molar-refractivity contribution is 5.85. The van der Waals surface area contributed by atoms with Gasteiger partial charge >= 0.3 is 0 Å². The molecule has 0 atom stereocenters. The van der Waals surface area contributed by atoms with Crippen molar-refractivity contribution < 1.29 is 0 Å². The Labute approximate surface area is 149 Å². The second-order valence-electron chi connectivity index (χ2n) is 7.30. The third-order valence-electron chi connectivity index (χ3n) is 5.46. The van der Waals surface area contributed by atoms with E-state index in [1.165, 1.54) is 39.2 Å². The summed E-state index contributed by atoms with van der Waals surface area (Å²) in [7, 11) is 0. The molecule has 4 nitrogen and oxygen atoms in total. The zero-order valence-electron chi connectivity index (χ0n) is 16.1. The van der Waals surface area contributed by atoms with Crippen molar-refractivity contribution >= 4 is 11.5 Å². The molecular formula is C21H26N4. The van der Waals surface area contributed by atoms with Gasteiger partial charge in [-0.15, -0.1) is 0 Å². The van der Waals surface area contributed by atoms with Gasteiger partial charge in [0.2, 0.25) is 0 Å². The summed E-state index contributed by atoms with van der Waals surface area (Å²) >= 11 is 0. The number of aromatic nitrogens is 3. The van der Waals surface area contributed by atoms with Crippen molar-refractivity contribution in [3.05, 3.63) is 45.8 Å². The molecule has 3 aromatic rings. The normalized spacial score (nSPS) is 13.8. The summed E-state index contributed by atoms with van der Waals surface area (Å²) < 4.78 is 2.09. The van der Waals surface area contributed by atoms with Gasteiger partial charge in [-0.1, -0.05) is 17.7 Å². The molecule has 0 unspecified atom stereocenters. The molecule has 0 saturated heterocycles. The van der Waals surface area contributed by atoms with Crippen LogP contribution >= 0.6 is 0 Å². The fourth-order valence-corrected chi connectivity index (χ4v) is 4.43. The van der Waals surface area contributed by atoms with Gasteiger partial charge < -0.3 is 4.90 Å². The van der Waals surface area contributed by atoms with Crippen LogP contribution in [0.2, 0.25) is 0 Å². The lowest BCUT2D eigenvalue weighted by Gasteiger charge is -2.18. The molecule has 130 valence electrons. The number of rotatable bonds is 2. The Bertz CT molecular complexity index is 974. The Hall–Kier alpha value is -2.36. The average Bonchev–Trinajstić information content (AvgIpc) is 3.09. The van der Waals surface area contributed by atoms with Gasteiger partial charge in [0.15, 0.2) is 5.65 Å². The van der Waals surface area contributed by atoms with E-state index >= 15 is 0 Å². The van der Waals surface area contributed by atoms with E-state index in [0.29, 0.717) is 0 Å². The van der Waals surface area contributed by atoms with Crippen LogP contribution in [0.15, 0.2) is 12.1 Å². The zero-order chi connectivity index (χ0) is 17.9. The van der Waals surface area contributed by atoms with Crippen LogP contribution in [0, 0.1) is 34.6 Å². The molecule has 3 heterocycles. The molecular weight excluding hydrogens is 308 g/mol. The lowest BCUT2D eigenvalue weighted by atomic mass is 9.94. The van der Waals surface area contributed by atoms with Gasteiger partial charge in [0.25, 0.3) is 0 Å². The van der Waals surface area contributed by atoms with Crippen LogP contribution in [0.1, 0.15) is 40.6 Å². The summed E-state index contributed by atoms with van der Waals surface area (Å²) in [6, 6.07) is 4.51. The van der Waals surface area contributed by atoms with E-state index in [0.717, 1.165) is 36.5 Å². The minimum atomic E-state index is 0.990. The van der Waals surface area contributed by atoms with Crippen molar-refractivity contribution in [2.24, 2.45) is 0 Å². The smallest absolute Gasteiger partial charge is 0.165 e. The van der Waals surface area contributed by atoms with Crippen molar-refractivity contribution in [1.82, 2.24) is 14.6 Å². The van der Waals surface area contributed by atoms with E-state index < -0.39 is 0 Å². The number of benzene rings is 1. The molecule has 0 amide bonds. The molecule has 0 saturated carbocycles. The maximum absolute atomic E-state index is 4.99. The van der Waals surface area contributed by atoms with Gasteiger partial charge in [0.1, 0.15) is 5.82 Å². The second kappa shape index (κ2) is 5.58. The Morgan fingerprint density at radius 3 is 2.28 bits per heavy atom. The number of anilines is 1. The lowest BCUT2D eigenvalue weighted by Crippen LogP contribution is -2.21. The van der Waals surface area contributed by atoms with Crippen LogP contribution in [0.4, 0.5) is 5.82 Å². The molecule has 0 radical (unpaired) electrons. The van der Waals surface area contributed by atoms with Crippen LogP contribution in [0.3, 0.4) is 0 Å². The fraction of sp³-hybridized carbons (Fsp3) is 0.429. The van der Waals surface area contributed by atoms with Crippen molar-refractivity contribution in [3.63, 3.8) is 0 Å². The summed E-state index contributed by atoms with van der Waals surface area (Å²) in [4.78, 5) is 7.41. The fourth-order valence-electron chi connectivity index (χ4n) is 4.43. The summed E-state index contributed by atoms with van der Waals surface area (Å²) in [5.74, 6) is 1.24. The number of hydrogen-bond donors (Lipinski definition) is 0. The van der Waals surface area contributed by atoms with E-state index in [9.17, 15) is 0 Å². The minimum Gasteiger partial charge on any atom is -0.356 e. The highest BCUT2D eigenvalue weighted by Gasteiger charge is 2.27. The highest BCUT2D eigenvalue weighted by atomic mass is 15.4. The van der Waals surface area contributed by atoms with Crippen molar-refractivity contribution in [3.8, 4) is 11.1 Å². The predicted octanol–water partition coefficient (Wildman–Crippen LogP) is 4.32. The van der Waals surface area contributed by atoms with Gasteiger partial charge in [-0.2, -0.15) is 9.61 Å². The van der Waals surface area contributed by atoms with E-state index in [1.54, 1.807) is 0 Å². The number of fused-ring (bicyclic) bond motifs is 3. The van der Waals surface area contributed by atoms with Crippen molar-refractivity contribution in [2.75, 3.05) is 18.0 Å². The topological polar surface area (TPSA) is 33.4 Å². The van der Waals surface area contributed by atoms with Crippen LogP contribution in [-0.4, -0.2) is 27.7 Å². The molecule has 0 fully saturated rings. The third kappa shape index (κ3) is 2.27. The molecule has 0 spiro atoms. The summed E-state index contributed by atoms with van der Waals surface area (Å²) in [6.07, 6.45) is 1.06. The SMILES string of the molecule is CCN1CCc2c(C)nc3c(-c4c(C)cc(C)cc4C)c(C)nn3c21. The number of nitrogens with zero attached hydrogens (tertiary/aromatic N) is 4. The minimum absolute atomic E-state index is 0.990. The van der Waals surface area contributed by atoms with E-state index in [2.05, 4.69) is 63.1 Å². The van der Waals surface area contributed by atoms with Crippen LogP contribution < -0.4 is 4.90 Å². The molecule has 25 heavy (non-hydrogen) atoms. The third-order valence-corrected chi connectivity index (χ3v) is 5.46. The van der Waals surface area contributed by atoms with E-state index in [-0.39, 0.29) is 0 Å². The molecule has 0 bridgehead atoms. The molecule has 4 rings (SSSR count). The van der Waals surface area contributed by atoms with Gasteiger partial charge in [0.05, 0.1) is 11.3 Å². The maximum atomic E-state index is 4.99. The Morgan fingerprint density at radius 2 is 1.64 bits per heavy atom. The molecule has 4 heteroatoms. The van der Waals surface area contributed by atoms with Crippen molar-refractivity contribution in [1.29, 1.82) is 0 Å². The second-order valence-corrected chi connectivity index (χ2v) is 7.30. The summed E-state index contributed by atoms with van der Waals surface area (Å²) in [6.45, 7) is 15.1. The molecule has 1 aliphatic heterocycles. The molecule has 2 aromatic heterocycles. The average molecular weight is 334 g/mol. The number of hydrogen-bond acceptors (Lipinski definition) is 3. The predicted molar refractivity (Wildman–Crippen MR) is 104 cm³/mol. The summed E-state index contributed by atoms with van der Waals surface area (Å²) in [5, 5.41) is 4.92. The molecule has 1 aromatic carbocycles. The first kappa shape index (κ1) is 16.1. The Balaban J connectivity index is 2.09. The Morgan fingerprint density at radius 1 is 0.960 bits per heavy atom. The van der Waals surface area contributed by atoms with Crippen LogP contribution in [0.25, 0.3) is 16.8 Å². The first-order chi connectivity index (χ1) is 11.9. The standard InChI is InChI=1S/C21H26N4/c1-7-24-9-8-17-15(5)22-20-19(16(6)23-25(20)21(17)24)18-13(3)10-12(2)11-14(18)4/h10-11H,7-9H2,1-6H3. The number of likely N-dealkylation sites (N-methyl/N-ethyl adjacent to an activating group) is 1. The van der Waals surface area contributed by atoms with Crippen molar-refractivity contribution in [2.45, 2.75) is 48.0 Å². The maximum Gasteiger partial charge on any atom is 0.165 e. The molecule has 1 aliphatic rings. The first-order valence-corrected chi connectivity index (χ1v) is 9.14. The molecule has 0 N–H and O–H groups in total. The van der Waals surface area contributed by atoms with Gasteiger partial charge in [-0.25, -0.2) is 4.98 Å². The first-order valence-electron chi connectivity index (χ1n) is 9.14. The highest BCUT2D eigenvalue weighted by Crippen LogP contribution is 2.37. The largest absolute Gasteiger partial charge is 0.356 e. The van der Waals surface area contributed by atoms with E-state index in [4.69, 9.17) is 10.1 Å². The summed E-state index contributed by atoms with van der Waals surface area (Å²) in [5.41, 5.74) is 10.9. The zero-order valence-corrected chi connectivity index (χ0v) is 16.1. The monoisotopic (exact) mass is 334 g/mol. The Kier molecular flexibility index (Phi) is 3.60. The van der Waals surface area contributed by atoms with Gasteiger partial charge in [-0.05, 0) is 64.7 Å². The van der Waals surface area contributed by atoms with Crippen LogP contribution in [-0.2, 0) is 6.42 Å². The lowest BCUT2D eigenvalue weighted by molar-refractivity contribution is 0.820. The van der Waals surface area contributed by atoms with Gasteiger partial charge in [0, 0.05) is 24.3 Å².